The van der Waals surface area contributed by atoms with Gasteiger partial charge in [0.15, 0.2) is 0 Å². The molecule has 1 aliphatic heterocycles. The van der Waals surface area contributed by atoms with Gasteiger partial charge in [0.2, 0.25) is 0 Å². The maximum atomic E-state index is 12.1. The number of rotatable bonds is 2. The molecule has 1 amide bonds. The molecule has 0 N–H and O–H groups in total. The van der Waals surface area contributed by atoms with Crippen LogP contribution in [0.4, 0.5) is 0 Å². The highest BCUT2D eigenvalue weighted by Gasteiger charge is 2.18. The minimum absolute atomic E-state index is 0.00615. The van der Waals surface area contributed by atoms with Crippen molar-refractivity contribution in [3.63, 3.8) is 0 Å². The number of carbonyl (C=O) groups is 1. The highest BCUT2D eigenvalue weighted by Crippen LogP contribution is 2.27. The first kappa shape index (κ1) is 12.1. The zero-order chi connectivity index (χ0) is 12.3. The van der Waals surface area contributed by atoms with Gasteiger partial charge in [0.1, 0.15) is 0 Å². The van der Waals surface area contributed by atoms with Crippen molar-refractivity contribution in [2.75, 3.05) is 0 Å². The van der Waals surface area contributed by atoms with Crippen molar-refractivity contribution in [2.45, 2.75) is 13.3 Å². The molecule has 2 nitrogen and oxygen atoms in total. The maximum Gasteiger partial charge on any atom is 0.261 e. The first-order chi connectivity index (χ1) is 8.22. The molecule has 1 aromatic carbocycles. The van der Waals surface area contributed by atoms with Gasteiger partial charge in [-0.25, -0.2) is 0 Å². The number of hydrogen-bond donors (Lipinski definition) is 0. The average Bonchev–Trinajstić information content (AvgIpc) is 2.39. The fourth-order valence-corrected chi connectivity index (χ4v) is 2.44. The van der Waals surface area contributed by atoms with Crippen LogP contribution >= 0.6 is 15.9 Å². The van der Waals surface area contributed by atoms with Crippen LogP contribution in [0.3, 0.4) is 0 Å². The topological polar surface area (TPSA) is 20.3 Å². The molecule has 0 radical (unpaired) electrons. The second-order valence-electron chi connectivity index (χ2n) is 3.95. The number of halogens is 1. The molecule has 0 spiro atoms. The van der Waals surface area contributed by atoms with Crippen molar-refractivity contribution in [3.05, 3.63) is 58.9 Å². The molecule has 0 fully saturated rings. The Morgan fingerprint density at radius 1 is 1.35 bits per heavy atom. The SMILES string of the molecule is CCC1C=CN(C(=O)c2ccccc2)C=C1Br. The van der Waals surface area contributed by atoms with Crippen LogP contribution in [-0.4, -0.2) is 10.8 Å². The lowest BCUT2D eigenvalue weighted by atomic mass is 10.0. The van der Waals surface area contributed by atoms with Crippen LogP contribution < -0.4 is 0 Å². The summed E-state index contributed by atoms with van der Waals surface area (Å²) < 4.78 is 1.05. The number of hydrogen-bond acceptors (Lipinski definition) is 1. The van der Waals surface area contributed by atoms with Gasteiger partial charge in [0.25, 0.3) is 5.91 Å². The summed E-state index contributed by atoms with van der Waals surface area (Å²) in [5, 5.41) is 0. The molecule has 1 aliphatic rings. The van der Waals surface area contributed by atoms with E-state index in [0.717, 1.165) is 10.9 Å². The molecule has 3 heteroatoms. The number of carbonyl (C=O) groups excluding carboxylic acids is 1. The molecule has 2 rings (SSSR count). The van der Waals surface area contributed by atoms with E-state index < -0.39 is 0 Å². The summed E-state index contributed by atoms with van der Waals surface area (Å²) in [6, 6.07) is 9.29. The maximum absolute atomic E-state index is 12.1. The van der Waals surface area contributed by atoms with Crippen LogP contribution in [0.25, 0.3) is 0 Å². The van der Waals surface area contributed by atoms with Crippen LogP contribution in [-0.2, 0) is 0 Å². The fraction of sp³-hybridized carbons (Fsp3) is 0.214. The predicted molar refractivity (Wildman–Crippen MR) is 72.5 cm³/mol. The highest BCUT2D eigenvalue weighted by molar-refractivity contribution is 9.11. The molecule has 0 aliphatic carbocycles. The van der Waals surface area contributed by atoms with Gasteiger partial charge in [0, 0.05) is 28.4 Å². The Hall–Kier alpha value is -1.35. The number of allylic oxidation sites excluding steroid dienone is 2. The summed E-state index contributed by atoms with van der Waals surface area (Å²) in [5.41, 5.74) is 0.698. The normalized spacial score (nSPS) is 19.1. The summed E-state index contributed by atoms with van der Waals surface area (Å²) in [6.45, 7) is 2.12. The first-order valence-electron chi connectivity index (χ1n) is 5.65. The van der Waals surface area contributed by atoms with Crippen LogP contribution in [0.15, 0.2) is 53.3 Å². The van der Waals surface area contributed by atoms with Gasteiger partial charge in [-0.3, -0.25) is 9.69 Å². The lowest BCUT2D eigenvalue weighted by Gasteiger charge is -2.22. The van der Waals surface area contributed by atoms with Crippen molar-refractivity contribution in [2.24, 2.45) is 5.92 Å². The molecule has 88 valence electrons. The van der Waals surface area contributed by atoms with E-state index in [2.05, 4.69) is 22.9 Å². The van der Waals surface area contributed by atoms with E-state index in [1.54, 1.807) is 4.90 Å². The molecular formula is C14H14BrNO. The molecular weight excluding hydrogens is 278 g/mol. The Morgan fingerprint density at radius 3 is 2.65 bits per heavy atom. The summed E-state index contributed by atoms with van der Waals surface area (Å²) in [4.78, 5) is 13.8. The molecule has 0 aromatic heterocycles. The summed E-state index contributed by atoms with van der Waals surface area (Å²) in [6.07, 6.45) is 6.77. The van der Waals surface area contributed by atoms with Gasteiger partial charge >= 0.3 is 0 Å². The van der Waals surface area contributed by atoms with Crippen molar-refractivity contribution in [3.8, 4) is 0 Å². The molecule has 0 saturated carbocycles. The zero-order valence-electron chi connectivity index (χ0n) is 9.64. The van der Waals surface area contributed by atoms with Crippen LogP contribution in [0.2, 0.25) is 0 Å². The number of nitrogens with zero attached hydrogens (tertiary/aromatic N) is 1. The third kappa shape index (κ3) is 2.67. The van der Waals surface area contributed by atoms with Crippen molar-refractivity contribution < 1.29 is 4.79 Å². The fourth-order valence-electron chi connectivity index (χ4n) is 1.75. The van der Waals surface area contributed by atoms with Crippen LogP contribution in [0, 0.1) is 5.92 Å². The largest absolute Gasteiger partial charge is 0.290 e. The van der Waals surface area contributed by atoms with Gasteiger partial charge in [-0.05, 0) is 18.6 Å². The number of benzene rings is 1. The van der Waals surface area contributed by atoms with Gasteiger partial charge in [-0.2, -0.15) is 0 Å². The van der Waals surface area contributed by atoms with Crippen molar-refractivity contribution in [1.29, 1.82) is 0 Å². The Kier molecular flexibility index (Phi) is 3.79. The molecule has 0 bridgehead atoms. The number of amides is 1. The summed E-state index contributed by atoms with van der Waals surface area (Å²) in [7, 11) is 0. The van der Waals surface area contributed by atoms with Gasteiger partial charge in [0.05, 0.1) is 0 Å². The minimum Gasteiger partial charge on any atom is -0.290 e. The third-order valence-electron chi connectivity index (χ3n) is 2.79. The van der Waals surface area contributed by atoms with E-state index in [9.17, 15) is 4.79 Å². The van der Waals surface area contributed by atoms with Gasteiger partial charge in [-0.1, -0.05) is 47.1 Å². The Balaban J connectivity index is 2.18. The summed E-state index contributed by atoms with van der Waals surface area (Å²) in [5.74, 6) is 0.378. The van der Waals surface area contributed by atoms with E-state index in [-0.39, 0.29) is 5.91 Å². The van der Waals surface area contributed by atoms with E-state index in [1.807, 2.05) is 48.8 Å². The smallest absolute Gasteiger partial charge is 0.261 e. The second-order valence-corrected chi connectivity index (χ2v) is 4.86. The Morgan fingerprint density at radius 2 is 2.06 bits per heavy atom. The monoisotopic (exact) mass is 291 g/mol. The molecule has 1 unspecified atom stereocenters. The lowest BCUT2D eigenvalue weighted by Crippen LogP contribution is -2.23. The highest BCUT2D eigenvalue weighted by atomic mass is 79.9. The Labute approximate surface area is 110 Å². The first-order valence-corrected chi connectivity index (χ1v) is 6.45. The molecule has 17 heavy (non-hydrogen) atoms. The van der Waals surface area contributed by atoms with Gasteiger partial charge in [-0.15, -0.1) is 0 Å². The van der Waals surface area contributed by atoms with Crippen LogP contribution in [0.1, 0.15) is 23.7 Å². The lowest BCUT2D eigenvalue weighted by molar-refractivity contribution is 0.0866. The quantitative estimate of drug-likeness (QED) is 0.809. The third-order valence-corrected chi connectivity index (χ3v) is 3.58. The predicted octanol–water partition coefficient (Wildman–Crippen LogP) is 3.92. The minimum atomic E-state index is -0.00615. The zero-order valence-corrected chi connectivity index (χ0v) is 11.2. The molecule has 1 aromatic rings. The average molecular weight is 292 g/mol. The van der Waals surface area contributed by atoms with Crippen LogP contribution in [0.5, 0.6) is 0 Å². The van der Waals surface area contributed by atoms with Crippen molar-refractivity contribution >= 4 is 21.8 Å². The van der Waals surface area contributed by atoms with E-state index >= 15 is 0 Å². The standard InChI is InChI=1S/C14H14BrNO/c1-2-11-8-9-16(10-13(11)15)14(17)12-6-4-3-5-7-12/h3-11H,2H2,1H3. The van der Waals surface area contributed by atoms with E-state index in [1.165, 1.54) is 0 Å². The van der Waals surface area contributed by atoms with E-state index in [4.69, 9.17) is 0 Å². The molecule has 1 heterocycles. The summed E-state index contributed by atoms with van der Waals surface area (Å²) >= 11 is 3.51. The van der Waals surface area contributed by atoms with E-state index in [0.29, 0.717) is 11.5 Å². The second kappa shape index (κ2) is 5.32. The Bertz CT molecular complexity index is 464. The molecule has 1 atom stereocenters. The van der Waals surface area contributed by atoms with Gasteiger partial charge < -0.3 is 0 Å². The van der Waals surface area contributed by atoms with Crippen molar-refractivity contribution in [1.82, 2.24) is 4.90 Å². The molecule has 0 saturated heterocycles.